The minimum absolute atomic E-state index is 0.0299. The number of aromatic carboxylic acids is 1. The molecular formula is C19H9ClF4N4O3. The molecule has 0 fully saturated rings. The first kappa shape index (κ1) is 20.5. The highest BCUT2D eigenvalue weighted by Gasteiger charge is 2.42. The van der Waals surface area contributed by atoms with Crippen LogP contribution in [-0.4, -0.2) is 31.0 Å². The normalized spacial score (nSPS) is 11.6. The Kier molecular flexibility index (Phi) is 4.97. The maximum absolute atomic E-state index is 14.3. The maximum atomic E-state index is 14.3. The molecule has 0 aliphatic carbocycles. The second-order valence-electron chi connectivity index (χ2n) is 6.16. The molecule has 4 aromatic rings. The van der Waals surface area contributed by atoms with Crippen molar-refractivity contribution in [3.05, 3.63) is 71.0 Å². The van der Waals surface area contributed by atoms with Gasteiger partial charge in [0.2, 0.25) is 0 Å². The zero-order valence-corrected chi connectivity index (χ0v) is 15.8. The van der Waals surface area contributed by atoms with Gasteiger partial charge in [0.05, 0.1) is 28.0 Å². The molecule has 3 heterocycles. The summed E-state index contributed by atoms with van der Waals surface area (Å²) in [6.45, 7) is 0. The van der Waals surface area contributed by atoms with E-state index in [9.17, 15) is 27.5 Å². The molecule has 1 N–H and O–H groups in total. The molecule has 0 bridgehead atoms. The number of hydrogen-bond acceptors (Lipinski definition) is 5. The number of halogens is 5. The molecule has 7 nitrogen and oxygen atoms in total. The molecule has 0 radical (unpaired) electrons. The molecule has 0 atom stereocenters. The van der Waals surface area contributed by atoms with Gasteiger partial charge in [0.25, 0.3) is 0 Å². The molecule has 0 aliphatic rings. The Morgan fingerprint density at radius 3 is 2.48 bits per heavy atom. The van der Waals surface area contributed by atoms with Crippen molar-refractivity contribution in [2.45, 2.75) is 6.18 Å². The topological polar surface area (TPSA) is 94.0 Å². The van der Waals surface area contributed by atoms with Gasteiger partial charge >= 0.3 is 12.1 Å². The molecule has 158 valence electrons. The first-order valence-corrected chi connectivity index (χ1v) is 8.81. The molecule has 4 rings (SSSR count). The molecule has 0 amide bonds. The van der Waals surface area contributed by atoms with Crippen molar-refractivity contribution in [1.29, 1.82) is 0 Å². The van der Waals surface area contributed by atoms with Gasteiger partial charge in [0.15, 0.2) is 11.5 Å². The van der Waals surface area contributed by atoms with Gasteiger partial charge in [-0.3, -0.25) is 4.98 Å². The zero-order chi connectivity index (χ0) is 22.3. The molecule has 0 spiro atoms. The Bertz CT molecular complexity index is 1270. The second-order valence-corrected chi connectivity index (χ2v) is 6.57. The first-order chi connectivity index (χ1) is 14.7. The molecule has 0 unspecified atom stereocenters. The van der Waals surface area contributed by atoms with Crippen LogP contribution in [0.25, 0.3) is 28.3 Å². The van der Waals surface area contributed by atoms with Gasteiger partial charge in [0, 0.05) is 12.4 Å². The largest absolute Gasteiger partial charge is 0.477 e. The molecular weight excluding hydrogens is 444 g/mol. The number of hydrogen-bond donors (Lipinski definition) is 1. The zero-order valence-electron chi connectivity index (χ0n) is 15.1. The van der Waals surface area contributed by atoms with Crippen LogP contribution in [0, 0.1) is 5.82 Å². The number of benzene rings is 1. The number of aromatic nitrogens is 4. The molecule has 3 aromatic heterocycles. The number of nitrogens with zero attached hydrogens (tertiary/aromatic N) is 4. The Balaban J connectivity index is 2.00. The van der Waals surface area contributed by atoms with E-state index in [0.29, 0.717) is 4.68 Å². The van der Waals surface area contributed by atoms with Crippen LogP contribution in [-0.2, 0) is 6.18 Å². The quantitative estimate of drug-likeness (QED) is 0.433. The summed E-state index contributed by atoms with van der Waals surface area (Å²) in [6.07, 6.45) is -1.62. The summed E-state index contributed by atoms with van der Waals surface area (Å²) in [5, 5.41) is 16.7. The van der Waals surface area contributed by atoms with Crippen molar-refractivity contribution in [2.75, 3.05) is 0 Å². The lowest BCUT2D eigenvalue weighted by atomic mass is 10.0. The fourth-order valence-electron chi connectivity index (χ4n) is 3.04. The van der Waals surface area contributed by atoms with E-state index >= 15 is 0 Å². The lowest BCUT2D eigenvalue weighted by molar-refractivity contribution is -0.142. The summed E-state index contributed by atoms with van der Waals surface area (Å²) < 4.78 is 61.7. The Morgan fingerprint density at radius 1 is 1.16 bits per heavy atom. The van der Waals surface area contributed by atoms with E-state index in [1.54, 1.807) is 0 Å². The third-order valence-corrected chi connectivity index (χ3v) is 4.61. The maximum Gasteiger partial charge on any atom is 0.434 e. The summed E-state index contributed by atoms with van der Waals surface area (Å²) >= 11 is 5.97. The third kappa shape index (κ3) is 3.52. The van der Waals surface area contributed by atoms with Crippen molar-refractivity contribution >= 4 is 17.6 Å². The van der Waals surface area contributed by atoms with Gasteiger partial charge in [-0.25, -0.2) is 13.9 Å². The van der Waals surface area contributed by atoms with Crippen molar-refractivity contribution in [3.8, 4) is 28.3 Å². The van der Waals surface area contributed by atoms with E-state index in [0.717, 1.165) is 12.3 Å². The van der Waals surface area contributed by atoms with Crippen LogP contribution in [0.1, 0.15) is 16.1 Å². The third-order valence-electron chi connectivity index (χ3n) is 4.30. The molecule has 1 aromatic carbocycles. The van der Waals surface area contributed by atoms with Crippen molar-refractivity contribution in [2.24, 2.45) is 0 Å². The predicted octanol–water partition coefficient (Wildman–Crippen LogP) is 5.10. The SMILES string of the molecule is O=C(O)c1c(-c2c(F)cccc2Cl)noc1-c1cnn(-c2ccncc2)c1C(F)(F)F. The number of carboxylic acid groups (broad SMARTS) is 1. The van der Waals surface area contributed by atoms with E-state index < -0.39 is 51.8 Å². The highest BCUT2D eigenvalue weighted by Crippen LogP contribution is 2.42. The van der Waals surface area contributed by atoms with Crippen molar-refractivity contribution in [3.63, 3.8) is 0 Å². The number of carboxylic acids is 1. The van der Waals surface area contributed by atoms with Crippen LogP contribution < -0.4 is 0 Å². The van der Waals surface area contributed by atoms with Gasteiger partial charge in [-0.2, -0.15) is 18.3 Å². The smallest absolute Gasteiger partial charge is 0.434 e. The van der Waals surface area contributed by atoms with E-state index in [4.69, 9.17) is 16.1 Å². The van der Waals surface area contributed by atoms with Gasteiger partial charge < -0.3 is 9.63 Å². The van der Waals surface area contributed by atoms with Gasteiger partial charge in [-0.1, -0.05) is 22.8 Å². The minimum atomic E-state index is -4.95. The van der Waals surface area contributed by atoms with Crippen LogP contribution in [0.4, 0.5) is 17.6 Å². The molecule has 0 saturated carbocycles. The Labute approximate surface area is 175 Å². The van der Waals surface area contributed by atoms with E-state index in [1.165, 1.54) is 36.7 Å². The molecule has 0 saturated heterocycles. The highest BCUT2D eigenvalue weighted by molar-refractivity contribution is 6.33. The standard InChI is InChI=1S/C19H9ClF4N4O3/c20-11-2-1-3-12(21)13(11)15-14(18(29)30)16(31-27-15)10-8-26-28(17(10)19(22,23)24)9-4-6-25-7-5-9/h1-8H,(H,29,30). The van der Waals surface area contributed by atoms with Crippen LogP contribution >= 0.6 is 11.6 Å². The van der Waals surface area contributed by atoms with Crippen LogP contribution in [0.3, 0.4) is 0 Å². The summed E-state index contributed by atoms with van der Waals surface area (Å²) in [5.74, 6) is -3.34. The fourth-order valence-corrected chi connectivity index (χ4v) is 3.29. The van der Waals surface area contributed by atoms with E-state index in [2.05, 4.69) is 15.2 Å². The van der Waals surface area contributed by atoms with Crippen LogP contribution in [0.15, 0.2) is 53.4 Å². The van der Waals surface area contributed by atoms with Crippen LogP contribution in [0.2, 0.25) is 5.02 Å². The molecule has 31 heavy (non-hydrogen) atoms. The first-order valence-electron chi connectivity index (χ1n) is 8.43. The number of rotatable bonds is 4. The van der Waals surface area contributed by atoms with Gasteiger partial charge in [0.1, 0.15) is 17.1 Å². The van der Waals surface area contributed by atoms with Crippen molar-refractivity contribution in [1.82, 2.24) is 19.9 Å². The lowest BCUT2D eigenvalue weighted by Crippen LogP contribution is -2.15. The molecule has 12 heteroatoms. The average Bonchev–Trinajstić information content (AvgIpc) is 3.33. The average molecular weight is 453 g/mol. The van der Waals surface area contributed by atoms with Crippen LogP contribution in [0.5, 0.6) is 0 Å². The summed E-state index contributed by atoms with van der Waals surface area (Å²) in [7, 11) is 0. The second kappa shape index (κ2) is 7.51. The number of alkyl halides is 3. The van der Waals surface area contributed by atoms with Gasteiger partial charge in [-0.05, 0) is 24.3 Å². The van der Waals surface area contributed by atoms with Crippen molar-refractivity contribution < 1.29 is 32.0 Å². The Morgan fingerprint density at radius 2 is 1.87 bits per heavy atom. The van der Waals surface area contributed by atoms with E-state index in [1.807, 2.05) is 0 Å². The summed E-state index contributed by atoms with van der Waals surface area (Å²) in [4.78, 5) is 15.7. The molecule has 0 aliphatic heterocycles. The van der Waals surface area contributed by atoms with E-state index in [-0.39, 0.29) is 10.7 Å². The summed E-state index contributed by atoms with van der Waals surface area (Å²) in [6, 6.07) is 6.14. The minimum Gasteiger partial charge on any atom is -0.477 e. The monoisotopic (exact) mass is 452 g/mol. The predicted molar refractivity (Wildman–Crippen MR) is 99.2 cm³/mol. The number of pyridine rings is 1. The number of carbonyl (C=O) groups is 1. The fraction of sp³-hybridized carbons (Fsp3) is 0.0526. The highest BCUT2D eigenvalue weighted by atomic mass is 35.5. The lowest BCUT2D eigenvalue weighted by Gasteiger charge is -2.12. The Hall–Kier alpha value is -3.73. The summed E-state index contributed by atoms with van der Waals surface area (Å²) in [5.41, 5.74) is -3.70. The van der Waals surface area contributed by atoms with Gasteiger partial charge in [-0.15, -0.1) is 0 Å².